The Kier molecular flexibility index (Phi) is 6.38. The summed E-state index contributed by atoms with van der Waals surface area (Å²) >= 11 is 0. The lowest BCUT2D eigenvalue weighted by Gasteiger charge is -2.35. The zero-order valence-electron chi connectivity index (χ0n) is 17.4. The Morgan fingerprint density at radius 1 is 0.903 bits per heavy atom. The van der Waals surface area contributed by atoms with Crippen LogP contribution in [-0.4, -0.2) is 66.9 Å². The molecule has 1 saturated heterocycles. The minimum absolute atomic E-state index is 0.0906. The second kappa shape index (κ2) is 8.99. The van der Waals surface area contributed by atoms with Crippen LogP contribution in [0.25, 0.3) is 0 Å². The van der Waals surface area contributed by atoms with Crippen LogP contribution in [0.4, 0.5) is 10.1 Å². The van der Waals surface area contributed by atoms with Gasteiger partial charge in [-0.05, 0) is 25.1 Å². The second-order valence-electron chi connectivity index (χ2n) is 7.05. The third-order valence-corrected chi connectivity index (χ3v) is 5.21. The Morgan fingerprint density at radius 2 is 1.35 bits per heavy atom. The van der Waals surface area contributed by atoms with Crippen molar-refractivity contribution in [2.75, 3.05) is 40.4 Å². The van der Waals surface area contributed by atoms with Crippen LogP contribution < -0.4 is 9.47 Å². The first-order chi connectivity index (χ1) is 14.7. The highest BCUT2D eigenvalue weighted by atomic mass is 19.1. The molecular weight excluding hydrogens is 409 g/mol. The average Bonchev–Trinajstić information content (AvgIpc) is 2.79. The summed E-state index contributed by atoms with van der Waals surface area (Å²) in [5.74, 6) is -0.587. The Morgan fingerprint density at radius 3 is 1.77 bits per heavy atom. The molecule has 0 unspecified atom stereocenters. The second-order valence-corrected chi connectivity index (χ2v) is 7.05. The molecule has 0 radical (unpaired) electrons. The number of methoxy groups -OCH3 is 2. The van der Waals surface area contributed by atoms with E-state index in [1.54, 1.807) is 23.1 Å². The molecule has 0 aliphatic carbocycles. The number of nitrogens with zero attached hydrogens (tertiary/aromatic N) is 3. The average molecular weight is 431 g/mol. The fraction of sp³-hybridized carbons (Fsp3) is 0.333. The van der Waals surface area contributed by atoms with Gasteiger partial charge < -0.3 is 19.3 Å². The Balaban J connectivity index is 1.72. The smallest absolute Gasteiger partial charge is 0.276 e. The van der Waals surface area contributed by atoms with Gasteiger partial charge in [0.1, 0.15) is 17.3 Å². The van der Waals surface area contributed by atoms with E-state index in [0.717, 1.165) is 12.1 Å². The van der Waals surface area contributed by atoms with E-state index in [4.69, 9.17) is 9.47 Å². The van der Waals surface area contributed by atoms with Crippen molar-refractivity contribution >= 4 is 17.5 Å². The summed E-state index contributed by atoms with van der Waals surface area (Å²) in [6.07, 6.45) is 0. The number of hydrogen-bond acceptors (Lipinski definition) is 6. The highest BCUT2D eigenvalue weighted by molar-refractivity contribution is 5.97. The van der Waals surface area contributed by atoms with E-state index in [1.807, 2.05) is 0 Å². The maximum atomic E-state index is 14.1. The summed E-state index contributed by atoms with van der Waals surface area (Å²) in [6, 6.07) is 6.96. The molecule has 0 spiro atoms. The van der Waals surface area contributed by atoms with E-state index in [-0.39, 0.29) is 43.2 Å². The monoisotopic (exact) mass is 431 g/mol. The molecule has 1 heterocycles. The zero-order chi connectivity index (χ0) is 22.7. The Hall–Kier alpha value is -3.69. The van der Waals surface area contributed by atoms with Crippen molar-refractivity contribution in [3.05, 3.63) is 63.0 Å². The summed E-state index contributed by atoms with van der Waals surface area (Å²) in [5, 5.41) is 11.1. The normalized spacial score (nSPS) is 13.7. The van der Waals surface area contributed by atoms with E-state index in [2.05, 4.69) is 0 Å². The maximum absolute atomic E-state index is 14.1. The van der Waals surface area contributed by atoms with Crippen molar-refractivity contribution in [3.63, 3.8) is 0 Å². The number of halogens is 1. The highest BCUT2D eigenvalue weighted by Crippen LogP contribution is 2.25. The first kappa shape index (κ1) is 22.0. The van der Waals surface area contributed by atoms with Crippen molar-refractivity contribution < 1.29 is 28.4 Å². The summed E-state index contributed by atoms with van der Waals surface area (Å²) < 4.78 is 24.4. The Bertz CT molecular complexity index is 1010. The number of nitro benzene ring substituents is 1. The number of amides is 2. The van der Waals surface area contributed by atoms with Gasteiger partial charge in [-0.3, -0.25) is 19.7 Å². The SMILES string of the molecule is COc1cc(OC)cc(C(=O)N2CCN(C(=O)c3cc(F)c(C)c([N+](=O)[O-])c3)CC2)c1. The molecule has 9 nitrogen and oxygen atoms in total. The number of piperazine rings is 1. The van der Waals surface area contributed by atoms with E-state index in [9.17, 15) is 24.1 Å². The van der Waals surface area contributed by atoms with Gasteiger partial charge in [0.15, 0.2) is 0 Å². The molecule has 0 N–H and O–H groups in total. The number of benzene rings is 2. The van der Waals surface area contributed by atoms with Gasteiger partial charge in [0.05, 0.1) is 24.7 Å². The topological polar surface area (TPSA) is 102 Å². The molecular formula is C21H22FN3O6. The van der Waals surface area contributed by atoms with E-state index >= 15 is 0 Å². The minimum atomic E-state index is -0.807. The lowest BCUT2D eigenvalue weighted by Crippen LogP contribution is -2.50. The van der Waals surface area contributed by atoms with Gasteiger partial charge in [0.25, 0.3) is 17.5 Å². The van der Waals surface area contributed by atoms with Crippen LogP contribution in [0.3, 0.4) is 0 Å². The molecule has 2 aromatic carbocycles. The lowest BCUT2D eigenvalue weighted by atomic mass is 10.1. The lowest BCUT2D eigenvalue weighted by molar-refractivity contribution is -0.385. The molecule has 3 rings (SSSR count). The van der Waals surface area contributed by atoms with E-state index in [1.165, 1.54) is 26.0 Å². The minimum Gasteiger partial charge on any atom is -0.497 e. The first-order valence-electron chi connectivity index (χ1n) is 9.51. The fourth-order valence-corrected chi connectivity index (χ4v) is 3.39. The van der Waals surface area contributed by atoms with Gasteiger partial charge >= 0.3 is 0 Å². The van der Waals surface area contributed by atoms with Crippen LogP contribution in [0.5, 0.6) is 11.5 Å². The predicted octanol–water partition coefficient (Wildman–Crippen LogP) is 2.66. The number of nitro groups is 1. The number of ether oxygens (including phenoxy) is 2. The summed E-state index contributed by atoms with van der Waals surface area (Å²) in [6.45, 7) is 2.25. The van der Waals surface area contributed by atoms with Crippen molar-refractivity contribution in [3.8, 4) is 11.5 Å². The van der Waals surface area contributed by atoms with Gasteiger partial charge in [-0.2, -0.15) is 0 Å². The van der Waals surface area contributed by atoms with Gasteiger partial charge in [-0.1, -0.05) is 0 Å². The third-order valence-electron chi connectivity index (χ3n) is 5.21. The number of hydrogen-bond donors (Lipinski definition) is 0. The molecule has 2 aromatic rings. The van der Waals surface area contributed by atoms with Crippen LogP contribution >= 0.6 is 0 Å². The standard InChI is InChI=1S/C21H22FN3O6/c1-13-18(22)10-15(11-19(13)25(28)29)21(27)24-6-4-23(5-7-24)20(26)14-8-16(30-2)12-17(9-14)31-3/h8-12H,4-7H2,1-3H3. The van der Waals surface area contributed by atoms with Crippen molar-refractivity contribution in [1.82, 2.24) is 9.80 Å². The summed E-state index contributed by atoms with van der Waals surface area (Å²) in [5.41, 5.74) is -0.255. The first-order valence-corrected chi connectivity index (χ1v) is 9.51. The molecule has 0 saturated carbocycles. The quantitative estimate of drug-likeness (QED) is 0.533. The largest absolute Gasteiger partial charge is 0.497 e. The van der Waals surface area contributed by atoms with Crippen molar-refractivity contribution in [2.24, 2.45) is 0 Å². The molecule has 1 fully saturated rings. The van der Waals surface area contributed by atoms with Crippen LogP contribution in [0, 0.1) is 22.9 Å². The molecule has 2 amide bonds. The summed E-state index contributed by atoms with van der Waals surface area (Å²) in [4.78, 5) is 39.1. The fourth-order valence-electron chi connectivity index (χ4n) is 3.39. The van der Waals surface area contributed by atoms with Crippen LogP contribution in [-0.2, 0) is 0 Å². The zero-order valence-corrected chi connectivity index (χ0v) is 17.4. The molecule has 31 heavy (non-hydrogen) atoms. The molecule has 1 aliphatic heterocycles. The van der Waals surface area contributed by atoms with Crippen LogP contribution in [0.15, 0.2) is 30.3 Å². The highest BCUT2D eigenvalue weighted by Gasteiger charge is 2.28. The van der Waals surface area contributed by atoms with Gasteiger partial charge in [0, 0.05) is 49.4 Å². The molecule has 10 heteroatoms. The molecule has 1 aliphatic rings. The molecule has 0 aromatic heterocycles. The van der Waals surface area contributed by atoms with Crippen molar-refractivity contribution in [2.45, 2.75) is 6.92 Å². The van der Waals surface area contributed by atoms with Crippen molar-refractivity contribution in [1.29, 1.82) is 0 Å². The maximum Gasteiger partial charge on any atom is 0.276 e. The number of carbonyl (C=O) groups is 2. The van der Waals surface area contributed by atoms with E-state index < -0.39 is 22.3 Å². The van der Waals surface area contributed by atoms with E-state index in [0.29, 0.717) is 17.1 Å². The number of carbonyl (C=O) groups excluding carboxylic acids is 2. The van der Waals surface area contributed by atoms with Gasteiger partial charge in [-0.15, -0.1) is 0 Å². The molecule has 0 atom stereocenters. The molecule has 164 valence electrons. The summed E-state index contributed by atoms with van der Waals surface area (Å²) in [7, 11) is 2.98. The van der Waals surface area contributed by atoms with Gasteiger partial charge in [0.2, 0.25) is 0 Å². The molecule has 0 bridgehead atoms. The predicted molar refractivity (Wildman–Crippen MR) is 109 cm³/mol. The third kappa shape index (κ3) is 4.57. The van der Waals surface area contributed by atoms with Crippen LogP contribution in [0.1, 0.15) is 26.3 Å². The number of rotatable bonds is 5. The van der Waals surface area contributed by atoms with Gasteiger partial charge in [-0.25, -0.2) is 4.39 Å². The van der Waals surface area contributed by atoms with Crippen LogP contribution in [0.2, 0.25) is 0 Å². The Labute approximate surface area is 178 Å².